The lowest BCUT2D eigenvalue weighted by Crippen LogP contribution is -2.30. The van der Waals surface area contributed by atoms with E-state index >= 15 is 0 Å². The third-order valence-electron chi connectivity index (χ3n) is 2.29. The first-order valence-electron chi connectivity index (χ1n) is 4.60. The molecule has 1 atom stereocenters. The predicted octanol–water partition coefficient (Wildman–Crippen LogP) is 2.55. The van der Waals surface area contributed by atoms with Gasteiger partial charge in [0, 0.05) is 12.1 Å². The Morgan fingerprint density at radius 2 is 2.14 bits per heavy atom. The molecular formula is C10H11F2NO. The van der Waals surface area contributed by atoms with Gasteiger partial charge in [-0.15, -0.1) is 0 Å². The van der Waals surface area contributed by atoms with Crippen LogP contribution >= 0.6 is 0 Å². The monoisotopic (exact) mass is 199 g/mol. The van der Waals surface area contributed by atoms with Crippen molar-refractivity contribution in [2.45, 2.75) is 19.4 Å². The zero-order chi connectivity index (χ0) is 10.1. The summed E-state index contributed by atoms with van der Waals surface area (Å²) in [6.07, 6.45) is 0.873. The average molecular weight is 199 g/mol. The Balaban J connectivity index is 2.33. The van der Waals surface area contributed by atoms with Crippen molar-refractivity contribution in [3.8, 4) is 5.75 Å². The number of anilines is 1. The molecule has 0 amide bonds. The SMILES string of the molecule is CCC1CNc2cc(F)c(F)cc2O1. The Morgan fingerprint density at radius 3 is 2.86 bits per heavy atom. The minimum absolute atomic E-state index is 0.0346. The van der Waals surface area contributed by atoms with Crippen molar-refractivity contribution in [2.75, 3.05) is 11.9 Å². The second kappa shape index (κ2) is 3.44. The molecule has 4 heteroatoms. The van der Waals surface area contributed by atoms with E-state index in [1.807, 2.05) is 6.92 Å². The van der Waals surface area contributed by atoms with Gasteiger partial charge in [0.15, 0.2) is 11.6 Å². The lowest BCUT2D eigenvalue weighted by atomic mass is 10.2. The number of nitrogens with one attached hydrogen (secondary N) is 1. The van der Waals surface area contributed by atoms with Gasteiger partial charge in [-0.25, -0.2) is 8.78 Å². The summed E-state index contributed by atoms with van der Waals surface area (Å²) in [7, 11) is 0. The van der Waals surface area contributed by atoms with Crippen LogP contribution < -0.4 is 10.1 Å². The van der Waals surface area contributed by atoms with Crippen molar-refractivity contribution >= 4 is 5.69 Å². The molecule has 1 N–H and O–H groups in total. The molecule has 0 fully saturated rings. The van der Waals surface area contributed by atoms with Crippen molar-refractivity contribution < 1.29 is 13.5 Å². The van der Waals surface area contributed by atoms with Gasteiger partial charge in [0.05, 0.1) is 12.2 Å². The van der Waals surface area contributed by atoms with E-state index in [9.17, 15) is 8.78 Å². The van der Waals surface area contributed by atoms with Crippen LogP contribution in [0.15, 0.2) is 12.1 Å². The largest absolute Gasteiger partial charge is 0.486 e. The minimum Gasteiger partial charge on any atom is -0.486 e. The van der Waals surface area contributed by atoms with Crippen molar-refractivity contribution in [3.63, 3.8) is 0 Å². The summed E-state index contributed by atoms with van der Waals surface area (Å²) < 4.78 is 31.1. The van der Waals surface area contributed by atoms with Gasteiger partial charge in [0.2, 0.25) is 0 Å². The normalized spacial score (nSPS) is 19.5. The van der Waals surface area contributed by atoms with Gasteiger partial charge in [-0.05, 0) is 6.42 Å². The zero-order valence-corrected chi connectivity index (χ0v) is 7.81. The molecule has 2 rings (SSSR count). The third-order valence-corrected chi connectivity index (χ3v) is 2.29. The fourth-order valence-electron chi connectivity index (χ4n) is 1.44. The van der Waals surface area contributed by atoms with Crippen LogP contribution in [0.4, 0.5) is 14.5 Å². The Kier molecular flexibility index (Phi) is 2.27. The van der Waals surface area contributed by atoms with E-state index < -0.39 is 11.6 Å². The molecule has 1 aromatic carbocycles. The second-order valence-electron chi connectivity index (χ2n) is 3.29. The summed E-state index contributed by atoms with van der Waals surface area (Å²) >= 11 is 0. The smallest absolute Gasteiger partial charge is 0.162 e. The van der Waals surface area contributed by atoms with Crippen LogP contribution in [0.5, 0.6) is 5.75 Å². The van der Waals surface area contributed by atoms with Crippen LogP contribution in [0.1, 0.15) is 13.3 Å². The van der Waals surface area contributed by atoms with E-state index in [4.69, 9.17) is 4.74 Å². The van der Waals surface area contributed by atoms with Gasteiger partial charge in [-0.3, -0.25) is 0 Å². The topological polar surface area (TPSA) is 21.3 Å². The van der Waals surface area contributed by atoms with Gasteiger partial charge in [-0.1, -0.05) is 6.92 Å². The molecule has 0 spiro atoms. The van der Waals surface area contributed by atoms with Crippen LogP contribution in [0, 0.1) is 11.6 Å². The molecule has 0 saturated carbocycles. The number of fused-ring (bicyclic) bond motifs is 1. The molecule has 0 bridgehead atoms. The summed E-state index contributed by atoms with van der Waals surface area (Å²) in [6.45, 7) is 2.62. The maximum atomic E-state index is 12.9. The molecule has 0 aromatic heterocycles. The molecule has 1 heterocycles. The van der Waals surface area contributed by atoms with E-state index in [0.29, 0.717) is 18.0 Å². The molecule has 0 aliphatic carbocycles. The lowest BCUT2D eigenvalue weighted by Gasteiger charge is -2.26. The van der Waals surface area contributed by atoms with E-state index in [-0.39, 0.29) is 6.10 Å². The molecule has 1 unspecified atom stereocenters. The van der Waals surface area contributed by atoms with E-state index in [0.717, 1.165) is 18.6 Å². The van der Waals surface area contributed by atoms with Gasteiger partial charge in [0.25, 0.3) is 0 Å². The molecule has 2 nitrogen and oxygen atoms in total. The van der Waals surface area contributed by atoms with Crippen molar-refractivity contribution in [1.29, 1.82) is 0 Å². The fraction of sp³-hybridized carbons (Fsp3) is 0.400. The summed E-state index contributed by atoms with van der Waals surface area (Å²) in [5.41, 5.74) is 0.522. The minimum atomic E-state index is -0.873. The highest BCUT2D eigenvalue weighted by molar-refractivity contribution is 5.58. The standard InChI is InChI=1S/C10H11F2NO/c1-2-6-5-13-9-3-7(11)8(12)4-10(9)14-6/h3-4,6,13H,2,5H2,1H3. The van der Waals surface area contributed by atoms with Gasteiger partial charge in [-0.2, -0.15) is 0 Å². The molecule has 0 saturated heterocycles. The van der Waals surface area contributed by atoms with Crippen LogP contribution in [-0.2, 0) is 0 Å². The van der Waals surface area contributed by atoms with Crippen molar-refractivity contribution in [3.05, 3.63) is 23.8 Å². The number of rotatable bonds is 1. The Labute approximate surface area is 80.9 Å². The maximum absolute atomic E-state index is 12.9. The first kappa shape index (κ1) is 9.24. The number of ether oxygens (including phenoxy) is 1. The Bertz CT molecular complexity index is 354. The molecular weight excluding hydrogens is 188 g/mol. The fourth-order valence-corrected chi connectivity index (χ4v) is 1.44. The Hall–Kier alpha value is -1.32. The zero-order valence-electron chi connectivity index (χ0n) is 7.81. The predicted molar refractivity (Wildman–Crippen MR) is 49.6 cm³/mol. The lowest BCUT2D eigenvalue weighted by molar-refractivity contribution is 0.200. The number of benzene rings is 1. The summed E-state index contributed by atoms with van der Waals surface area (Å²) in [4.78, 5) is 0. The van der Waals surface area contributed by atoms with E-state index in [2.05, 4.69) is 5.32 Å². The molecule has 1 aliphatic rings. The van der Waals surface area contributed by atoms with Crippen LogP contribution in [0.2, 0.25) is 0 Å². The highest BCUT2D eigenvalue weighted by Crippen LogP contribution is 2.31. The number of hydrogen-bond donors (Lipinski definition) is 1. The Morgan fingerprint density at radius 1 is 1.43 bits per heavy atom. The summed E-state index contributed by atoms with van der Waals surface area (Å²) in [6, 6.07) is 2.20. The van der Waals surface area contributed by atoms with Crippen molar-refractivity contribution in [2.24, 2.45) is 0 Å². The van der Waals surface area contributed by atoms with E-state index in [1.54, 1.807) is 0 Å². The highest BCUT2D eigenvalue weighted by Gasteiger charge is 2.19. The van der Waals surface area contributed by atoms with Crippen molar-refractivity contribution in [1.82, 2.24) is 0 Å². The van der Waals surface area contributed by atoms with Gasteiger partial charge < -0.3 is 10.1 Å². The quantitative estimate of drug-likeness (QED) is 0.750. The molecule has 14 heavy (non-hydrogen) atoms. The van der Waals surface area contributed by atoms with Crippen LogP contribution in [0.25, 0.3) is 0 Å². The molecule has 1 aromatic rings. The van der Waals surface area contributed by atoms with Gasteiger partial charge in [0.1, 0.15) is 11.9 Å². The number of halogens is 2. The first-order valence-corrected chi connectivity index (χ1v) is 4.60. The molecule has 0 radical (unpaired) electrons. The maximum Gasteiger partial charge on any atom is 0.162 e. The molecule has 1 aliphatic heterocycles. The van der Waals surface area contributed by atoms with Gasteiger partial charge >= 0.3 is 0 Å². The van der Waals surface area contributed by atoms with Crippen LogP contribution in [0.3, 0.4) is 0 Å². The highest BCUT2D eigenvalue weighted by atomic mass is 19.2. The third kappa shape index (κ3) is 1.52. The summed E-state index contributed by atoms with van der Waals surface area (Å²) in [5, 5.41) is 3.00. The second-order valence-corrected chi connectivity index (χ2v) is 3.29. The first-order chi connectivity index (χ1) is 6.70. The summed E-state index contributed by atoms with van der Waals surface area (Å²) in [5.74, 6) is -1.33. The van der Waals surface area contributed by atoms with E-state index in [1.165, 1.54) is 0 Å². The molecule has 76 valence electrons. The van der Waals surface area contributed by atoms with Crippen LogP contribution in [-0.4, -0.2) is 12.6 Å². The average Bonchev–Trinajstić information content (AvgIpc) is 2.19. The number of hydrogen-bond acceptors (Lipinski definition) is 2.